The van der Waals surface area contributed by atoms with Crippen molar-refractivity contribution in [2.45, 2.75) is 20.3 Å². The maximum Gasteiger partial charge on any atom is 0.339 e. The molecule has 0 aliphatic heterocycles. The second kappa shape index (κ2) is 8.15. The van der Waals surface area contributed by atoms with Crippen molar-refractivity contribution >= 4 is 17.5 Å². The predicted octanol–water partition coefficient (Wildman–Crippen LogP) is 1.83. The summed E-state index contributed by atoms with van der Waals surface area (Å²) in [5, 5.41) is 22.7. The summed E-state index contributed by atoms with van der Waals surface area (Å²) in [4.78, 5) is 27.2. The molecular formula is C13H20N4O4. The SMILES string of the molecule is CCCN(CC)CCNc1ncc([N+](=O)[O-])cc1C(=O)O. The average Bonchev–Trinajstić information content (AvgIpc) is 2.46. The van der Waals surface area contributed by atoms with Gasteiger partial charge in [0.05, 0.1) is 4.92 Å². The Labute approximate surface area is 122 Å². The van der Waals surface area contributed by atoms with Crippen LogP contribution in [0.25, 0.3) is 0 Å². The molecule has 0 aliphatic carbocycles. The van der Waals surface area contributed by atoms with Gasteiger partial charge in [-0.1, -0.05) is 13.8 Å². The second-order valence-corrected chi connectivity index (χ2v) is 4.51. The zero-order chi connectivity index (χ0) is 15.8. The first-order chi connectivity index (χ1) is 9.99. The molecular weight excluding hydrogens is 276 g/mol. The van der Waals surface area contributed by atoms with Crippen molar-refractivity contribution in [2.75, 3.05) is 31.5 Å². The first kappa shape index (κ1) is 16.8. The number of aromatic nitrogens is 1. The van der Waals surface area contributed by atoms with Gasteiger partial charge in [-0.05, 0) is 19.5 Å². The van der Waals surface area contributed by atoms with Crippen LogP contribution < -0.4 is 5.32 Å². The van der Waals surface area contributed by atoms with E-state index in [1.807, 2.05) is 0 Å². The molecule has 8 heteroatoms. The van der Waals surface area contributed by atoms with E-state index in [1.165, 1.54) is 0 Å². The molecule has 1 heterocycles. The second-order valence-electron chi connectivity index (χ2n) is 4.51. The molecule has 1 aromatic heterocycles. The van der Waals surface area contributed by atoms with E-state index < -0.39 is 10.9 Å². The minimum Gasteiger partial charge on any atom is -0.478 e. The van der Waals surface area contributed by atoms with Gasteiger partial charge in [-0.25, -0.2) is 9.78 Å². The lowest BCUT2D eigenvalue weighted by Crippen LogP contribution is -2.30. The van der Waals surface area contributed by atoms with E-state index in [2.05, 4.69) is 29.0 Å². The van der Waals surface area contributed by atoms with Crippen LogP contribution in [0.3, 0.4) is 0 Å². The number of carboxylic acid groups (broad SMARTS) is 1. The van der Waals surface area contributed by atoms with Crippen molar-refractivity contribution in [2.24, 2.45) is 0 Å². The number of anilines is 1. The topological polar surface area (TPSA) is 109 Å². The van der Waals surface area contributed by atoms with Crippen LogP contribution >= 0.6 is 0 Å². The Morgan fingerprint density at radius 2 is 2.19 bits per heavy atom. The van der Waals surface area contributed by atoms with E-state index in [4.69, 9.17) is 5.11 Å². The Morgan fingerprint density at radius 3 is 2.71 bits per heavy atom. The van der Waals surface area contributed by atoms with Gasteiger partial charge in [0.2, 0.25) is 0 Å². The average molecular weight is 296 g/mol. The summed E-state index contributed by atoms with van der Waals surface area (Å²) >= 11 is 0. The summed E-state index contributed by atoms with van der Waals surface area (Å²) in [5.74, 6) is -1.09. The number of carbonyl (C=O) groups is 1. The minimum absolute atomic E-state index is 0.153. The van der Waals surface area contributed by atoms with Crippen molar-refractivity contribution in [1.29, 1.82) is 0 Å². The molecule has 0 fully saturated rings. The van der Waals surface area contributed by atoms with Gasteiger partial charge in [-0.15, -0.1) is 0 Å². The lowest BCUT2D eigenvalue weighted by atomic mass is 10.2. The third-order valence-electron chi connectivity index (χ3n) is 3.02. The third-order valence-corrected chi connectivity index (χ3v) is 3.02. The zero-order valence-corrected chi connectivity index (χ0v) is 12.2. The first-order valence-corrected chi connectivity index (χ1v) is 6.83. The normalized spacial score (nSPS) is 10.6. The molecule has 0 radical (unpaired) electrons. The monoisotopic (exact) mass is 296 g/mol. The highest BCUT2D eigenvalue weighted by atomic mass is 16.6. The van der Waals surface area contributed by atoms with Gasteiger partial charge in [-0.3, -0.25) is 10.1 Å². The lowest BCUT2D eigenvalue weighted by Gasteiger charge is -2.19. The third kappa shape index (κ3) is 4.99. The summed E-state index contributed by atoms with van der Waals surface area (Å²) in [6, 6.07) is 1.02. The molecule has 0 unspecified atom stereocenters. The van der Waals surface area contributed by atoms with Gasteiger partial charge in [0, 0.05) is 19.2 Å². The summed E-state index contributed by atoms with van der Waals surface area (Å²) in [5.41, 5.74) is -0.526. The number of nitrogens with zero attached hydrogens (tertiary/aromatic N) is 3. The molecule has 0 aliphatic rings. The number of hydrogen-bond acceptors (Lipinski definition) is 6. The number of nitro groups is 1. The van der Waals surface area contributed by atoms with Crippen LogP contribution in [0, 0.1) is 10.1 Å². The van der Waals surface area contributed by atoms with E-state index in [0.717, 1.165) is 38.3 Å². The largest absolute Gasteiger partial charge is 0.478 e. The van der Waals surface area contributed by atoms with E-state index in [-0.39, 0.29) is 17.1 Å². The number of nitrogens with one attached hydrogen (secondary N) is 1. The van der Waals surface area contributed by atoms with Crippen LogP contribution in [0.15, 0.2) is 12.3 Å². The molecule has 0 amide bonds. The van der Waals surface area contributed by atoms with E-state index >= 15 is 0 Å². The molecule has 0 spiro atoms. The number of pyridine rings is 1. The summed E-state index contributed by atoms with van der Waals surface area (Å²) in [7, 11) is 0. The zero-order valence-electron chi connectivity index (χ0n) is 12.2. The van der Waals surface area contributed by atoms with Crippen molar-refractivity contribution < 1.29 is 14.8 Å². The van der Waals surface area contributed by atoms with Crippen LogP contribution in [-0.2, 0) is 0 Å². The Morgan fingerprint density at radius 1 is 1.48 bits per heavy atom. The van der Waals surface area contributed by atoms with Crippen LogP contribution in [0.4, 0.5) is 11.5 Å². The van der Waals surface area contributed by atoms with Crippen molar-refractivity contribution in [3.05, 3.63) is 27.9 Å². The van der Waals surface area contributed by atoms with Gasteiger partial charge in [0.25, 0.3) is 5.69 Å². The predicted molar refractivity (Wildman–Crippen MR) is 78.7 cm³/mol. The fourth-order valence-corrected chi connectivity index (χ4v) is 1.93. The maximum atomic E-state index is 11.1. The Hall–Kier alpha value is -2.22. The summed E-state index contributed by atoms with van der Waals surface area (Å²) < 4.78 is 0. The Balaban J connectivity index is 2.74. The van der Waals surface area contributed by atoms with Crippen molar-refractivity contribution in [3.8, 4) is 0 Å². The summed E-state index contributed by atoms with van der Waals surface area (Å²) in [6.07, 6.45) is 2.10. The van der Waals surface area contributed by atoms with E-state index in [1.54, 1.807) is 0 Å². The molecule has 21 heavy (non-hydrogen) atoms. The molecule has 1 rings (SSSR count). The number of likely N-dealkylation sites (N-methyl/N-ethyl adjacent to an activating group) is 1. The van der Waals surface area contributed by atoms with Crippen LogP contribution in [0.1, 0.15) is 30.6 Å². The smallest absolute Gasteiger partial charge is 0.339 e. The number of carboxylic acids is 1. The van der Waals surface area contributed by atoms with Gasteiger partial charge in [-0.2, -0.15) is 0 Å². The fourth-order valence-electron chi connectivity index (χ4n) is 1.93. The molecule has 1 aromatic rings. The van der Waals surface area contributed by atoms with Crippen LogP contribution in [0.5, 0.6) is 0 Å². The number of hydrogen-bond donors (Lipinski definition) is 2. The van der Waals surface area contributed by atoms with Crippen molar-refractivity contribution in [3.63, 3.8) is 0 Å². The van der Waals surface area contributed by atoms with Crippen LogP contribution in [0.2, 0.25) is 0 Å². The van der Waals surface area contributed by atoms with Gasteiger partial charge in [0.1, 0.15) is 17.6 Å². The standard InChI is InChI=1S/C13H20N4O4/c1-3-6-16(4-2)7-5-14-12-11(13(18)19)8-10(9-15-12)17(20)21/h8-9H,3-7H2,1-2H3,(H,14,15)(H,18,19). The molecule has 0 aromatic carbocycles. The molecule has 116 valence electrons. The molecule has 0 bridgehead atoms. The van der Waals surface area contributed by atoms with Crippen LogP contribution in [-0.4, -0.2) is 52.1 Å². The highest BCUT2D eigenvalue weighted by Crippen LogP contribution is 2.18. The molecule has 0 saturated carbocycles. The van der Waals surface area contributed by atoms with Gasteiger partial charge in [0.15, 0.2) is 0 Å². The first-order valence-electron chi connectivity index (χ1n) is 6.83. The highest BCUT2D eigenvalue weighted by Gasteiger charge is 2.17. The molecule has 0 saturated heterocycles. The van der Waals surface area contributed by atoms with Gasteiger partial charge < -0.3 is 15.3 Å². The molecule has 2 N–H and O–H groups in total. The lowest BCUT2D eigenvalue weighted by molar-refractivity contribution is -0.385. The number of aromatic carboxylic acids is 1. The van der Waals surface area contributed by atoms with E-state index in [9.17, 15) is 14.9 Å². The minimum atomic E-state index is -1.24. The fraction of sp³-hybridized carbons (Fsp3) is 0.538. The van der Waals surface area contributed by atoms with E-state index in [0.29, 0.717) is 6.54 Å². The number of rotatable bonds is 9. The molecule has 8 nitrogen and oxygen atoms in total. The quantitative estimate of drug-likeness (QED) is 0.528. The Bertz CT molecular complexity index is 507. The molecule has 0 atom stereocenters. The Kier molecular flexibility index (Phi) is 6.54. The van der Waals surface area contributed by atoms with Gasteiger partial charge >= 0.3 is 5.97 Å². The van der Waals surface area contributed by atoms with Crippen molar-refractivity contribution in [1.82, 2.24) is 9.88 Å². The summed E-state index contributed by atoms with van der Waals surface area (Å²) in [6.45, 7) is 7.31. The highest BCUT2D eigenvalue weighted by molar-refractivity contribution is 5.93. The maximum absolute atomic E-state index is 11.1.